The molecule has 1 aliphatic rings. The topological polar surface area (TPSA) is 104 Å². The van der Waals surface area contributed by atoms with Crippen LogP contribution < -0.4 is 10.6 Å². The third-order valence-corrected chi connectivity index (χ3v) is 7.48. The highest BCUT2D eigenvalue weighted by Crippen LogP contribution is 2.35. The monoisotopic (exact) mass is 471 g/mol. The number of nitrogens with one attached hydrogen (secondary N) is 2. The van der Waals surface area contributed by atoms with Crippen molar-refractivity contribution in [3.63, 3.8) is 0 Å². The van der Waals surface area contributed by atoms with Gasteiger partial charge < -0.3 is 10.6 Å². The second kappa shape index (κ2) is 8.85. The summed E-state index contributed by atoms with van der Waals surface area (Å²) in [6.45, 7) is 4.43. The Balaban J connectivity index is 1.64. The van der Waals surface area contributed by atoms with Gasteiger partial charge >= 0.3 is 0 Å². The third-order valence-electron chi connectivity index (χ3n) is 5.18. The standard InChI is InChI=1S/C22H22ClN5O3S/c1-3-28(4-2)32(30,31)17-8-6-16(7-9-17)25-22-24-13-14-11-20(29)26-19-12-15(23)5-10-18(19)21(14)27-22/h5-10,12-13H,3-4,11H2,1-2H3,(H,26,29)(H,24,25,27). The number of aromatic nitrogens is 2. The number of benzene rings is 2. The van der Waals surface area contributed by atoms with E-state index in [2.05, 4.69) is 20.6 Å². The van der Waals surface area contributed by atoms with Gasteiger partial charge in [-0.1, -0.05) is 25.4 Å². The average Bonchev–Trinajstić information content (AvgIpc) is 2.89. The van der Waals surface area contributed by atoms with E-state index in [1.807, 2.05) is 19.9 Å². The van der Waals surface area contributed by atoms with Crippen LogP contribution in [-0.4, -0.2) is 41.7 Å². The van der Waals surface area contributed by atoms with Gasteiger partial charge in [-0.05, 0) is 42.5 Å². The molecule has 0 atom stereocenters. The summed E-state index contributed by atoms with van der Waals surface area (Å²) in [5.41, 5.74) is 3.32. The first-order valence-electron chi connectivity index (χ1n) is 10.1. The molecule has 0 fully saturated rings. The Labute approximate surface area is 191 Å². The molecular weight excluding hydrogens is 450 g/mol. The lowest BCUT2D eigenvalue weighted by Gasteiger charge is -2.18. The number of hydrogen-bond donors (Lipinski definition) is 2. The summed E-state index contributed by atoms with van der Waals surface area (Å²) < 4.78 is 26.7. The zero-order valence-corrected chi connectivity index (χ0v) is 19.2. The van der Waals surface area contributed by atoms with E-state index in [0.717, 1.165) is 5.56 Å². The van der Waals surface area contributed by atoms with Gasteiger partial charge in [0.05, 0.1) is 22.7 Å². The Morgan fingerprint density at radius 1 is 1.12 bits per heavy atom. The lowest BCUT2D eigenvalue weighted by Crippen LogP contribution is -2.30. The number of fused-ring (bicyclic) bond motifs is 3. The molecule has 3 aromatic rings. The van der Waals surface area contributed by atoms with Crippen LogP contribution in [0, 0.1) is 0 Å². The predicted octanol–water partition coefficient (Wildman–Crippen LogP) is 4.07. The molecule has 10 heteroatoms. The van der Waals surface area contributed by atoms with Crippen LogP contribution in [0.3, 0.4) is 0 Å². The first-order chi connectivity index (χ1) is 15.3. The van der Waals surface area contributed by atoms with Gasteiger partial charge in [0.2, 0.25) is 21.9 Å². The van der Waals surface area contributed by atoms with E-state index in [0.29, 0.717) is 46.7 Å². The minimum atomic E-state index is -3.52. The van der Waals surface area contributed by atoms with E-state index < -0.39 is 10.0 Å². The summed E-state index contributed by atoms with van der Waals surface area (Å²) in [6.07, 6.45) is 1.77. The molecule has 1 aromatic heterocycles. The number of carbonyl (C=O) groups excluding carboxylic acids is 1. The van der Waals surface area contributed by atoms with Crippen LogP contribution in [0.25, 0.3) is 11.3 Å². The van der Waals surface area contributed by atoms with Crippen molar-refractivity contribution in [3.8, 4) is 11.3 Å². The molecule has 166 valence electrons. The SMILES string of the molecule is CCN(CC)S(=O)(=O)c1ccc(Nc2ncc3c(n2)-c2ccc(Cl)cc2NC(=O)C3)cc1. The molecule has 2 heterocycles. The Morgan fingerprint density at radius 2 is 1.84 bits per heavy atom. The number of carbonyl (C=O) groups is 1. The molecule has 1 amide bonds. The molecule has 0 saturated heterocycles. The van der Waals surface area contributed by atoms with Crippen molar-refractivity contribution < 1.29 is 13.2 Å². The summed E-state index contributed by atoms with van der Waals surface area (Å²) in [5, 5.41) is 6.46. The lowest BCUT2D eigenvalue weighted by atomic mass is 10.1. The van der Waals surface area contributed by atoms with Crippen molar-refractivity contribution in [2.45, 2.75) is 25.2 Å². The van der Waals surface area contributed by atoms with Gasteiger partial charge in [0.25, 0.3) is 0 Å². The number of halogens is 1. The van der Waals surface area contributed by atoms with Crippen LogP contribution in [0.2, 0.25) is 5.02 Å². The summed E-state index contributed by atoms with van der Waals surface area (Å²) >= 11 is 6.08. The molecule has 0 bridgehead atoms. The Bertz CT molecular complexity index is 1280. The van der Waals surface area contributed by atoms with Crippen molar-refractivity contribution in [2.24, 2.45) is 0 Å². The second-order valence-electron chi connectivity index (χ2n) is 7.22. The quantitative estimate of drug-likeness (QED) is 0.561. The highest BCUT2D eigenvalue weighted by molar-refractivity contribution is 7.89. The van der Waals surface area contributed by atoms with Crippen LogP contribution in [0.15, 0.2) is 53.6 Å². The number of hydrogen-bond acceptors (Lipinski definition) is 6. The maximum atomic E-state index is 12.7. The zero-order valence-electron chi connectivity index (χ0n) is 17.6. The minimum Gasteiger partial charge on any atom is -0.325 e. The number of rotatable bonds is 6. The van der Waals surface area contributed by atoms with E-state index in [9.17, 15) is 13.2 Å². The van der Waals surface area contributed by atoms with Crippen LogP contribution >= 0.6 is 11.6 Å². The minimum absolute atomic E-state index is 0.153. The number of sulfonamides is 1. The first kappa shape index (κ1) is 22.2. The second-order valence-corrected chi connectivity index (χ2v) is 9.60. The molecular formula is C22H22ClN5O3S. The molecule has 4 rings (SSSR count). The van der Waals surface area contributed by atoms with E-state index in [1.54, 1.807) is 42.6 Å². The van der Waals surface area contributed by atoms with Gasteiger partial charge in [-0.15, -0.1) is 0 Å². The third kappa shape index (κ3) is 4.32. The fourth-order valence-electron chi connectivity index (χ4n) is 3.58. The maximum Gasteiger partial charge on any atom is 0.243 e. The Morgan fingerprint density at radius 3 is 2.53 bits per heavy atom. The van der Waals surface area contributed by atoms with Crippen molar-refractivity contribution >= 4 is 44.9 Å². The molecule has 2 aromatic carbocycles. The van der Waals surface area contributed by atoms with Gasteiger partial charge in [0, 0.05) is 41.1 Å². The normalized spacial score (nSPS) is 13.2. The predicted molar refractivity (Wildman–Crippen MR) is 125 cm³/mol. The highest BCUT2D eigenvalue weighted by atomic mass is 35.5. The molecule has 8 nitrogen and oxygen atoms in total. The number of anilines is 3. The van der Waals surface area contributed by atoms with Crippen molar-refractivity contribution in [1.82, 2.24) is 14.3 Å². The van der Waals surface area contributed by atoms with Crippen LogP contribution in [0.4, 0.5) is 17.3 Å². The van der Waals surface area contributed by atoms with E-state index in [-0.39, 0.29) is 17.2 Å². The van der Waals surface area contributed by atoms with Crippen LogP contribution in [0.1, 0.15) is 19.4 Å². The van der Waals surface area contributed by atoms with Crippen LogP contribution in [-0.2, 0) is 21.2 Å². The Hall–Kier alpha value is -3.01. The molecule has 0 unspecified atom stereocenters. The zero-order chi connectivity index (χ0) is 22.9. The summed E-state index contributed by atoms with van der Waals surface area (Å²) in [7, 11) is -3.52. The summed E-state index contributed by atoms with van der Waals surface area (Å²) in [4.78, 5) is 21.4. The van der Waals surface area contributed by atoms with Gasteiger partial charge in [-0.2, -0.15) is 4.31 Å². The Kier molecular flexibility index (Phi) is 6.14. The van der Waals surface area contributed by atoms with Gasteiger partial charge in [0.1, 0.15) is 0 Å². The van der Waals surface area contributed by atoms with Gasteiger partial charge in [0.15, 0.2) is 0 Å². The smallest absolute Gasteiger partial charge is 0.243 e. The van der Waals surface area contributed by atoms with Gasteiger partial charge in [-0.25, -0.2) is 18.4 Å². The number of amides is 1. The first-order valence-corrected chi connectivity index (χ1v) is 12.0. The van der Waals surface area contributed by atoms with E-state index in [4.69, 9.17) is 11.6 Å². The average molecular weight is 472 g/mol. The maximum absolute atomic E-state index is 12.7. The van der Waals surface area contributed by atoms with Crippen molar-refractivity contribution in [3.05, 3.63) is 59.2 Å². The molecule has 0 spiro atoms. The lowest BCUT2D eigenvalue weighted by molar-refractivity contribution is -0.115. The summed E-state index contributed by atoms with van der Waals surface area (Å²) in [6, 6.07) is 11.7. The highest BCUT2D eigenvalue weighted by Gasteiger charge is 2.22. The molecule has 0 saturated carbocycles. The largest absolute Gasteiger partial charge is 0.325 e. The molecule has 2 N–H and O–H groups in total. The van der Waals surface area contributed by atoms with E-state index >= 15 is 0 Å². The van der Waals surface area contributed by atoms with E-state index in [1.165, 1.54) is 4.31 Å². The summed E-state index contributed by atoms with van der Waals surface area (Å²) in [5.74, 6) is 0.167. The fourth-order valence-corrected chi connectivity index (χ4v) is 5.21. The molecule has 0 radical (unpaired) electrons. The molecule has 32 heavy (non-hydrogen) atoms. The molecule has 1 aliphatic heterocycles. The van der Waals surface area contributed by atoms with Crippen molar-refractivity contribution in [1.29, 1.82) is 0 Å². The van der Waals surface area contributed by atoms with Crippen molar-refractivity contribution in [2.75, 3.05) is 23.7 Å². The molecule has 0 aliphatic carbocycles. The number of nitrogens with zero attached hydrogens (tertiary/aromatic N) is 3. The van der Waals surface area contributed by atoms with Crippen LogP contribution in [0.5, 0.6) is 0 Å². The van der Waals surface area contributed by atoms with Gasteiger partial charge in [-0.3, -0.25) is 4.79 Å². The fraction of sp³-hybridized carbons (Fsp3) is 0.227.